The van der Waals surface area contributed by atoms with Crippen molar-refractivity contribution < 1.29 is 19.1 Å². The van der Waals surface area contributed by atoms with Crippen LogP contribution in [0.3, 0.4) is 0 Å². The average Bonchev–Trinajstić information content (AvgIpc) is 3.21. The van der Waals surface area contributed by atoms with Gasteiger partial charge >= 0.3 is 0 Å². The molecule has 1 N–H and O–H groups in total. The van der Waals surface area contributed by atoms with E-state index in [4.69, 9.17) is 4.74 Å². The van der Waals surface area contributed by atoms with Crippen molar-refractivity contribution in [3.05, 3.63) is 54.6 Å². The summed E-state index contributed by atoms with van der Waals surface area (Å²) in [6, 6.07) is 16.7. The average molecular weight is 436 g/mol. The number of nitrogens with zero attached hydrogens (tertiary/aromatic N) is 2. The number of likely N-dealkylation sites (tertiary alicyclic amines) is 1. The van der Waals surface area contributed by atoms with Crippen LogP contribution in [0.5, 0.6) is 5.75 Å². The number of anilines is 2. The zero-order valence-electron chi connectivity index (χ0n) is 18.3. The molecule has 0 aromatic heterocycles. The fourth-order valence-electron chi connectivity index (χ4n) is 4.43. The first-order chi connectivity index (χ1) is 15.5. The molecule has 2 unspecified atom stereocenters. The number of carbonyl (C=O) groups is 3. The highest BCUT2D eigenvalue weighted by Crippen LogP contribution is 2.29. The largest absolute Gasteiger partial charge is 0.494 e. The fraction of sp³-hybridized carbons (Fsp3) is 0.400. The summed E-state index contributed by atoms with van der Waals surface area (Å²) in [6.45, 7) is 3.89. The van der Waals surface area contributed by atoms with Crippen LogP contribution in [-0.2, 0) is 14.4 Å². The summed E-state index contributed by atoms with van der Waals surface area (Å²) in [5, 5.41) is 2.94. The predicted octanol–water partition coefficient (Wildman–Crippen LogP) is 3.32. The highest BCUT2D eigenvalue weighted by Gasteiger charge is 2.39. The molecule has 2 aliphatic rings. The third-order valence-corrected chi connectivity index (χ3v) is 6.08. The van der Waals surface area contributed by atoms with E-state index in [0.717, 1.165) is 30.0 Å². The van der Waals surface area contributed by atoms with Crippen LogP contribution in [0, 0.1) is 11.8 Å². The van der Waals surface area contributed by atoms with E-state index in [-0.39, 0.29) is 36.0 Å². The molecule has 0 radical (unpaired) electrons. The Labute approximate surface area is 188 Å². The number of carbonyl (C=O) groups excluding carboxylic acids is 3. The Bertz CT molecular complexity index is 961. The maximum absolute atomic E-state index is 13.2. The third kappa shape index (κ3) is 4.93. The van der Waals surface area contributed by atoms with Gasteiger partial charge < -0.3 is 19.9 Å². The third-order valence-electron chi connectivity index (χ3n) is 6.08. The van der Waals surface area contributed by atoms with E-state index in [1.165, 1.54) is 0 Å². The first kappa shape index (κ1) is 21.9. The minimum absolute atomic E-state index is 0.0380. The van der Waals surface area contributed by atoms with Crippen LogP contribution in [0.15, 0.2) is 54.6 Å². The fourth-order valence-corrected chi connectivity index (χ4v) is 4.43. The molecule has 2 heterocycles. The van der Waals surface area contributed by atoms with Crippen molar-refractivity contribution in [1.82, 2.24) is 4.90 Å². The van der Waals surface area contributed by atoms with Crippen molar-refractivity contribution in [3.63, 3.8) is 0 Å². The first-order valence-electron chi connectivity index (χ1n) is 11.2. The number of hydrogen-bond donors (Lipinski definition) is 1. The summed E-state index contributed by atoms with van der Waals surface area (Å²) in [5.74, 6) is -0.0278. The molecular formula is C25H29N3O4. The lowest BCUT2D eigenvalue weighted by Crippen LogP contribution is -2.46. The van der Waals surface area contributed by atoms with Crippen LogP contribution in [0.2, 0.25) is 0 Å². The van der Waals surface area contributed by atoms with Crippen molar-refractivity contribution in [1.29, 1.82) is 0 Å². The summed E-state index contributed by atoms with van der Waals surface area (Å²) in [7, 11) is 0. The van der Waals surface area contributed by atoms with Gasteiger partial charge in [0.25, 0.3) is 0 Å². The Morgan fingerprint density at radius 2 is 1.78 bits per heavy atom. The molecule has 0 bridgehead atoms. The molecule has 2 aromatic rings. The van der Waals surface area contributed by atoms with Gasteiger partial charge in [0.15, 0.2) is 0 Å². The molecule has 7 nitrogen and oxygen atoms in total. The Kier molecular flexibility index (Phi) is 6.73. The number of hydrogen-bond acceptors (Lipinski definition) is 4. The van der Waals surface area contributed by atoms with Gasteiger partial charge in [0, 0.05) is 37.4 Å². The lowest BCUT2D eigenvalue weighted by atomic mass is 9.95. The summed E-state index contributed by atoms with van der Waals surface area (Å²) in [5.41, 5.74) is 1.53. The van der Waals surface area contributed by atoms with Gasteiger partial charge in [-0.05, 0) is 56.2 Å². The molecule has 168 valence electrons. The maximum atomic E-state index is 13.2. The SMILES string of the molecule is CCOc1ccc(N2CC(C(=O)N3CCCC(C(=O)Nc4ccccc4)C3)CC2=O)cc1. The van der Waals surface area contributed by atoms with E-state index >= 15 is 0 Å². The van der Waals surface area contributed by atoms with E-state index in [9.17, 15) is 14.4 Å². The van der Waals surface area contributed by atoms with Crippen molar-refractivity contribution in [3.8, 4) is 5.75 Å². The smallest absolute Gasteiger partial charge is 0.229 e. The normalized spacial score (nSPS) is 20.8. The standard InChI is InChI=1S/C25H29N3O4/c1-2-32-22-12-10-21(11-13-22)28-17-19(15-23(28)29)25(31)27-14-6-7-18(16-27)24(30)26-20-8-4-3-5-9-20/h3-5,8-13,18-19H,2,6-7,14-17H2,1H3,(H,26,30). The molecule has 0 spiro atoms. The Balaban J connectivity index is 1.36. The number of amides is 3. The molecule has 0 aliphatic carbocycles. The monoisotopic (exact) mass is 435 g/mol. The van der Waals surface area contributed by atoms with E-state index in [0.29, 0.717) is 26.2 Å². The second kappa shape index (κ2) is 9.85. The minimum atomic E-state index is -0.384. The van der Waals surface area contributed by atoms with E-state index < -0.39 is 0 Å². The summed E-state index contributed by atoms with van der Waals surface area (Å²) < 4.78 is 5.46. The van der Waals surface area contributed by atoms with Gasteiger partial charge in [-0.15, -0.1) is 0 Å². The Morgan fingerprint density at radius 3 is 2.50 bits per heavy atom. The lowest BCUT2D eigenvalue weighted by Gasteiger charge is -2.33. The van der Waals surface area contributed by atoms with Crippen molar-refractivity contribution in [2.75, 3.05) is 36.5 Å². The van der Waals surface area contributed by atoms with Gasteiger partial charge in [-0.25, -0.2) is 0 Å². The number of para-hydroxylation sites is 1. The zero-order valence-corrected chi connectivity index (χ0v) is 18.3. The summed E-state index contributed by atoms with van der Waals surface area (Å²) in [6.07, 6.45) is 1.73. The molecule has 2 aliphatic heterocycles. The van der Waals surface area contributed by atoms with Crippen LogP contribution >= 0.6 is 0 Å². The van der Waals surface area contributed by atoms with Crippen LogP contribution in [-0.4, -0.2) is 48.9 Å². The summed E-state index contributed by atoms with van der Waals surface area (Å²) in [4.78, 5) is 41.9. The van der Waals surface area contributed by atoms with Gasteiger partial charge in [0.05, 0.1) is 18.4 Å². The number of rotatable bonds is 6. The second-order valence-corrected chi connectivity index (χ2v) is 8.31. The van der Waals surface area contributed by atoms with Crippen LogP contribution in [0.4, 0.5) is 11.4 Å². The molecule has 0 saturated carbocycles. The minimum Gasteiger partial charge on any atom is -0.494 e. The molecule has 2 fully saturated rings. The summed E-state index contributed by atoms with van der Waals surface area (Å²) >= 11 is 0. The highest BCUT2D eigenvalue weighted by atomic mass is 16.5. The van der Waals surface area contributed by atoms with Crippen LogP contribution in [0.1, 0.15) is 26.2 Å². The van der Waals surface area contributed by atoms with Gasteiger partial charge in [0.2, 0.25) is 17.7 Å². The van der Waals surface area contributed by atoms with E-state index in [2.05, 4.69) is 5.32 Å². The van der Waals surface area contributed by atoms with Gasteiger partial charge in [0.1, 0.15) is 5.75 Å². The van der Waals surface area contributed by atoms with Crippen molar-refractivity contribution >= 4 is 29.1 Å². The highest BCUT2D eigenvalue weighted by molar-refractivity contribution is 6.00. The van der Waals surface area contributed by atoms with Crippen molar-refractivity contribution in [2.24, 2.45) is 11.8 Å². The van der Waals surface area contributed by atoms with Gasteiger partial charge in [-0.1, -0.05) is 18.2 Å². The number of benzene rings is 2. The molecule has 2 aromatic carbocycles. The van der Waals surface area contributed by atoms with Crippen LogP contribution < -0.4 is 15.0 Å². The number of nitrogens with one attached hydrogen (secondary N) is 1. The Hall–Kier alpha value is -3.35. The van der Waals surface area contributed by atoms with E-state index in [1.807, 2.05) is 61.5 Å². The molecular weight excluding hydrogens is 406 g/mol. The Morgan fingerprint density at radius 1 is 1.03 bits per heavy atom. The molecule has 3 amide bonds. The van der Waals surface area contributed by atoms with Crippen LogP contribution in [0.25, 0.3) is 0 Å². The first-order valence-corrected chi connectivity index (χ1v) is 11.2. The molecule has 2 saturated heterocycles. The zero-order chi connectivity index (χ0) is 22.5. The van der Waals surface area contributed by atoms with Gasteiger partial charge in [-0.3, -0.25) is 14.4 Å². The predicted molar refractivity (Wildman–Crippen MR) is 122 cm³/mol. The lowest BCUT2D eigenvalue weighted by molar-refractivity contribution is -0.138. The molecule has 7 heteroatoms. The maximum Gasteiger partial charge on any atom is 0.229 e. The molecule has 4 rings (SSSR count). The quantitative estimate of drug-likeness (QED) is 0.755. The van der Waals surface area contributed by atoms with Crippen molar-refractivity contribution in [2.45, 2.75) is 26.2 Å². The number of ether oxygens (including phenoxy) is 1. The van der Waals surface area contributed by atoms with E-state index in [1.54, 1.807) is 9.80 Å². The van der Waals surface area contributed by atoms with Gasteiger partial charge in [-0.2, -0.15) is 0 Å². The molecule has 32 heavy (non-hydrogen) atoms. The second-order valence-electron chi connectivity index (χ2n) is 8.31. The number of piperidine rings is 1. The topological polar surface area (TPSA) is 79.0 Å². The molecule has 2 atom stereocenters.